The molecule has 5 nitrogen and oxygen atoms in total. The van der Waals surface area contributed by atoms with Crippen molar-refractivity contribution in [3.8, 4) is 0 Å². The predicted octanol–water partition coefficient (Wildman–Crippen LogP) is 1.38. The van der Waals surface area contributed by atoms with Crippen LogP contribution in [0.3, 0.4) is 0 Å². The van der Waals surface area contributed by atoms with Crippen LogP contribution in [0.25, 0.3) is 0 Å². The highest BCUT2D eigenvalue weighted by atomic mass is 16.5. The molecule has 0 atom stereocenters. The average Bonchev–Trinajstić information content (AvgIpc) is 3.08. The highest BCUT2D eigenvalue weighted by Crippen LogP contribution is 2.07. The van der Waals surface area contributed by atoms with Crippen molar-refractivity contribution in [2.24, 2.45) is 0 Å². The number of likely N-dealkylation sites (tertiary alicyclic amines) is 1. The van der Waals surface area contributed by atoms with Crippen LogP contribution in [-0.2, 0) is 11.3 Å². The van der Waals surface area contributed by atoms with E-state index in [2.05, 4.69) is 19.9 Å². The summed E-state index contributed by atoms with van der Waals surface area (Å²) in [6.45, 7) is 5.48. The number of H-pyrrole nitrogens is 1. The molecule has 0 unspecified atom stereocenters. The number of esters is 1. The van der Waals surface area contributed by atoms with Gasteiger partial charge in [-0.2, -0.15) is 0 Å². The lowest BCUT2D eigenvalue weighted by atomic mass is 10.3. The number of aromatic amines is 1. The summed E-state index contributed by atoms with van der Waals surface area (Å²) in [7, 11) is 1.39. The van der Waals surface area contributed by atoms with Gasteiger partial charge in [0.25, 0.3) is 0 Å². The Kier molecular flexibility index (Phi) is 5.42. The van der Waals surface area contributed by atoms with Gasteiger partial charge >= 0.3 is 5.97 Å². The van der Waals surface area contributed by atoms with Gasteiger partial charge in [0.2, 0.25) is 0 Å². The van der Waals surface area contributed by atoms with Gasteiger partial charge in [0.1, 0.15) is 5.69 Å². The molecule has 2 heterocycles. The molecule has 0 saturated carbocycles. The molecular weight excluding hydrogens is 242 g/mol. The van der Waals surface area contributed by atoms with E-state index in [1.165, 1.54) is 46.0 Å². The SMILES string of the molecule is COC(=O)c1ccc(CNCCCN2CCCC2)[nH]1. The molecule has 5 heteroatoms. The molecule has 0 spiro atoms. The summed E-state index contributed by atoms with van der Waals surface area (Å²) in [4.78, 5) is 16.8. The summed E-state index contributed by atoms with van der Waals surface area (Å²) < 4.78 is 4.65. The van der Waals surface area contributed by atoms with Crippen LogP contribution < -0.4 is 5.32 Å². The molecular formula is C14H23N3O2. The van der Waals surface area contributed by atoms with Crippen molar-refractivity contribution in [1.82, 2.24) is 15.2 Å². The van der Waals surface area contributed by atoms with Crippen LogP contribution in [0.5, 0.6) is 0 Å². The number of rotatable bonds is 7. The molecule has 1 aromatic rings. The monoisotopic (exact) mass is 265 g/mol. The summed E-state index contributed by atoms with van der Waals surface area (Å²) in [6.07, 6.45) is 3.88. The van der Waals surface area contributed by atoms with E-state index in [-0.39, 0.29) is 5.97 Å². The Morgan fingerprint density at radius 3 is 2.95 bits per heavy atom. The van der Waals surface area contributed by atoms with E-state index < -0.39 is 0 Å². The largest absolute Gasteiger partial charge is 0.464 e. The fraction of sp³-hybridized carbons (Fsp3) is 0.643. The van der Waals surface area contributed by atoms with E-state index >= 15 is 0 Å². The first-order chi connectivity index (χ1) is 9.29. The predicted molar refractivity (Wildman–Crippen MR) is 74.1 cm³/mol. The van der Waals surface area contributed by atoms with E-state index in [1.807, 2.05) is 6.07 Å². The number of nitrogens with one attached hydrogen (secondary N) is 2. The molecule has 106 valence electrons. The van der Waals surface area contributed by atoms with Gasteiger partial charge < -0.3 is 19.9 Å². The summed E-state index contributed by atoms with van der Waals surface area (Å²) in [6, 6.07) is 3.67. The molecule has 2 N–H and O–H groups in total. The number of ether oxygens (including phenoxy) is 1. The topological polar surface area (TPSA) is 57.4 Å². The van der Waals surface area contributed by atoms with Crippen LogP contribution in [0.15, 0.2) is 12.1 Å². The van der Waals surface area contributed by atoms with E-state index in [1.54, 1.807) is 6.07 Å². The zero-order valence-corrected chi connectivity index (χ0v) is 11.6. The van der Waals surface area contributed by atoms with Gasteiger partial charge in [-0.25, -0.2) is 4.79 Å². The van der Waals surface area contributed by atoms with E-state index in [4.69, 9.17) is 0 Å². The zero-order valence-electron chi connectivity index (χ0n) is 11.6. The average molecular weight is 265 g/mol. The van der Waals surface area contributed by atoms with Crippen LogP contribution >= 0.6 is 0 Å². The first-order valence-corrected chi connectivity index (χ1v) is 6.99. The second-order valence-corrected chi connectivity index (χ2v) is 4.97. The second-order valence-electron chi connectivity index (χ2n) is 4.97. The minimum atomic E-state index is -0.319. The van der Waals surface area contributed by atoms with Crippen molar-refractivity contribution in [1.29, 1.82) is 0 Å². The van der Waals surface area contributed by atoms with E-state index in [9.17, 15) is 4.79 Å². The van der Waals surface area contributed by atoms with Crippen LogP contribution in [0.4, 0.5) is 0 Å². The van der Waals surface area contributed by atoms with Gasteiger partial charge in [-0.1, -0.05) is 0 Å². The van der Waals surface area contributed by atoms with Gasteiger partial charge in [0.15, 0.2) is 0 Å². The normalized spacial score (nSPS) is 15.8. The molecule has 19 heavy (non-hydrogen) atoms. The van der Waals surface area contributed by atoms with Crippen molar-refractivity contribution >= 4 is 5.97 Å². The molecule has 0 amide bonds. The van der Waals surface area contributed by atoms with E-state index in [0.29, 0.717) is 5.69 Å². The fourth-order valence-electron chi connectivity index (χ4n) is 2.43. The van der Waals surface area contributed by atoms with Crippen molar-refractivity contribution in [3.05, 3.63) is 23.5 Å². The molecule has 1 aliphatic rings. The zero-order chi connectivity index (χ0) is 13.5. The Hall–Kier alpha value is -1.33. The molecule has 2 rings (SSSR count). The third-order valence-corrected chi connectivity index (χ3v) is 3.49. The first-order valence-electron chi connectivity index (χ1n) is 6.99. The Morgan fingerprint density at radius 1 is 1.42 bits per heavy atom. The number of hydrogen-bond donors (Lipinski definition) is 2. The van der Waals surface area contributed by atoms with Crippen LogP contribution in [0.2, 0.25) is 0 Å². The Balaban J connectivity index is 1.60. The number of carbonyl (C=O) groups is 1. The van der Waals surface area contributed by atoms with Crippen molar-refractivity contribution in [3.63, 3.8) is 0 Å². The van der Waals surface area contributed by atoms with Gasteiger partial charge in [-0.3, -0.25) is 0 Å². The van der Waals surface area contributed by atoms with Gasteiger partial charge in [0, 0.05) is 12.2 Å². The third kappa shape index (κ3) is 4.36. The summed E-state index contributed by atoms with van der Waals surface area (Å²) in [5.41, 5.74) is 1.53. The van der Waals surface area contributed by atoms with Crippen molar-refractivity contribution < 1.29 is 9.53 Å². The quantitative estimate of drug-likeness (QED) is 0.577. The number of methoxy groups -OCH3 is 1. The van der Waals surface area contributed by atoms with Gasteiger partial charge in [-0.15, -0.1) is 0 Å². The molecule has 1 saturated heterocycles. The minimum absolute atomic E-state index is 0.319. The molecule has 1 fully saturated rings. The second kappa shape index (κ2) is 7.31. The standard InChI is InChI=1S/C14H23N3O2/c1-19-14(18)13-6-5-12(16-13)11-15-7-4-10-17-8-2-3-9-17/h5-6,15-16H,2-4,7-11H2,1H3. The van der Waals surface area contributed by atoms with Crippen LogP contribution in [0.1, 0.15) is 35.4 Å². The number of hydrogen-bond acceptors (Lipinski definition) is 4. The Bertz CT molecular complexity index is 397. The molecule has 1 aromatic heterocycles. The molecule has 0 aliphatic carbocycles. The number of aromatic nitrogens is 1. The molecule has 1 aliphatic heterocycles. The molecule has 0 radical (unpaired) electrons. The minimum Gasteiger partial charge on any atom is -0.464 e. The smallest absolute Gasteiger partial charge is 0.354 e. The Labute approximate surface area is 114 Å². The van der Waals surface area contributed by atoms with Crippen LogP contribution in [-0.4, -0.2) is 49.1 Å². The maximum atomic E-state index is 11.3. The van der Waals surface area contributed by atoms with Crippen LogP contribution in [0, 0.1) is 0 Å². The maximum absolute atomic E-state index is 11.3. The highest BCUT2D eigenvalue weighted by molar-refractivity contribution is 5.87. The highest BCUT2D eigenvalue weighted by Gasteiger charge is 2.10. The lowest BCUT2D eigenvalue weighted by Crippen LogP contribution is -2.24. The lowest BCUT2D eigenvalue weighted by molar-refractivity contribution is 0.0594. The number of nitrogens with zero attached hydrogens (tertiary/aromatic N) is 1. The lowest BCUT2D eigenvalue weighted by Gasteiger charge is -2.14. The van der Waals surface area contributed by atoms with Crippen molar-refractivity contribution in [2.75, 3.05) is 33.3 Å². The summed E-state index contributed by atoms with van der Waals surface area (Å²) in [5.74, 6) is -0.319. The van der Waals surface area contributed by atoms with Gasteiger partial charge in [0.05, 0.1) is 7.11 Å². The molecule has 0 aromatic carbocycles. The fourth-order valence-corrected chi connectivity index (χ4v) is 2.43. The summed E-state index contributed by atoms with van der Waals surface area (Å²) in [5, 5.41) is 3.39. The Morgan fingerprint density at radius 2 is 2.21 bits per heavy atom. The molecule has 0 bridgehead atoms. The maximum Gasteiger partial charge on any atom is 0.354 e. The van der Waals surface area contributed by atoms with Crippen molar-refractivity contribution in [2.45, 2.75) is 25.8 Å². The third-order valence-electron chi connectivity index (χ3n) is 3.49. The summed E-state index contributed by atoms with van der Waals surface area (Å²) >= 11 is 0. The number of carbonyl (C=O) groups excluding carboxylic acids is 1. The van der Waals surface area contributed by atoms with Gasteiger partial charge in [-0.05, 0) is 57.6 Å². The first kappa shape index (κ1) is 14.1. The van der Waals surface area contributed by atoms with E-state index in [0.717, 1.165) is 18.8 Å².